The largest absolute Gasteiger partial charge is 0.469 e. The summed E-state index contributed by atoms with van der Waals surface area (Å²) in [6, 6.07) is 11.7. The molecule has 0 fully saturated rings. The first-order valence-corrected chi connectivity index (χ1v) is 6.70. The monoisotopic (exact) mass is 288 g/mol. The average Bonchev–Trinajstić information content (AvgIpc) is 2.52. The predicted molar refractivity (Wildman–Crippen MR) is 79.0 cm³/mol. The summed E-state index contributed by atoms with van der Waals surface area (Å²) in [5.41, 5.74) is 4.47. The van der Waals surface area contributed by atoms with E-state index >= 15 is 0 Å². The van der Waals surface area contributed by atoms with Gasteiger partial charge in [-0.15, -0.1) is 0 Å². The van der Waals surface area contributed by atoms with Gasteiger partial charge in [-0.05, 0) is 18.4 Å². The Morgan fingerprint density at radius 3 is 2.67 bits per heavy atom. The second-order valence-electron chi connectivity index (χ2n) is 4.45. The number of nitrogens with one attached hydrogen (secondary N) is 1. The third-order valence-electron chi connectivity index (χ3n) is 2.99. The van der Waals surface area contributed by atoms with E-state index in [0.717, 1.165) is 5.56 Å². The Bertz CT molecular complexity index is 506. The molecule has 0 aliphatic heterocycles. The number of ether oxygens (including phenoxy) is 1. The van der Waals surface area contributed by atoms with Gasteiger partial charge in [0.05, 0.1) is 26.3 Å². The van der Waals surface area contributed by atoms with Gasteiger partial charge in [-0.1, -0.05) is 36.4 Å². The zero-order valence-corrected chi connectivity index (χ0v) is 12.3. The molecule has 0 spiro atoms. The average molecular weight is 288 g/mol. The number of esters is 1. The summed E-state index contributed by atoms with van der Waals surface area (Å²) < 4.78 is 4.58. The molecular weight excluding hydrogens is 268 g/mol. The van der Waals surface area contributed by atoms with Gasteiger partial charge in [-0.3, -0.25) is 4.79 Å². The minimum absolute atomic E-state index is 0.250. The van der Waals surface area contributed by atoms with Crippen LogP contribution in [-0.4, -0.2) is 26.2 Å². The van der Waals surface area contributed by atoms with Crippen LogP contribution in [0.15, 0.2) is 42.0 Å². The van der Waals surface area contributed by atoms with Gasteiger partial charge in [0, 0.05) is 12.0 Å². The highest BCUT2D eigenvalue weighted by molar-refractivity contribution is 5.69. The molecule has 1 rings (SSSR count). The Labute approximate surface area is 125 Å². The maximum atomic E-state index is 11.1. The fourth-order valence-electron chi connectivity index (χ4n) is 1.92. The number of hydrogen-bond acceptors (Lipinski definition) is 5. The summed E-state index contributed by atoms with van der Waals surface area (Å²) in [5.74, 6) is -0.289. The fraction of sp³-hybridized carbons (Fsp3) is 0.375. The molecule has 0 saturated carbocycles. The van der Waals surface area contributed by atoms with E-state index < -0.39 is 0 Å². The van der Waals surface area contributed by atoms with E-state index in [1.54, 1.807) is 6.08 Å². The lowest BCUT2D eigenvalue weighted by atomic mass is 9.99. The first-order chi connectivity index (χ1) is 10.2. The summed E-state index contributed by atoms with van der Waals surface area (Å²) in [6.45, 7) is 0. The highest BCUT2D eigenvalue weighted by Crippen LogP contribution is 2.11. The summed E-state index contributed by atoms with van der Waals surface area (Å²) in [6.07, 6.45) is 3.10. The molecular formula is C16H20N2O3. The lowest BCUT2D eigenvalue weighted by Crippen LogP contribution is -2.32. The summed E-state index contributed by atoms with van der Waals surface area (Å²) in [7, 11) is 2.86. The van der Waals surface area contributed by atoms with Crippen molar-refractivity contribution >= 4 is 5.97 Å². The Morgan fingerprint density at radius 1 is 1.38 bits per heavy atom. The Morgan fingerprint density at radius 2 is 2.10 bits per heavy atom. The number of methoxy groups -OCH3 is 1. The molecule has 1 aromatic rings. The Hall–Kier alpha value is -2.16. The second-order valence-corrected chi connectivity index (χ2v) is 4.45. The van der Waals surface area contributed by atoms with Crippen molar-refractivity contribution in [3.8, 4) is 6.07 Å². The molecule has 1 unspecified atom stereocenters. The smallest absolute Gasteiger partial charge is 0.305 e. The minimum Gasteiger partial charge on any atom is -0.469 e. The van der Waals surface area contributed by atoms with E-state index in [0.29, 0.717) is 18.4 Å². The maximum Gasteiger partial charge on any atom is 0.305 e. The van der Waals surface area contributed by atoms with Crippen molar-refractivity contribution in [2.24, 2.45) is 0 Å². The number of hydrogen-bond donors (Lipinski definition) is 1. The molecule has 5 heteroatoms. The number of nitrogens with zero attached hydrogens (tertiary/aromatic N) is 1. The van der Waals surface area contributed by atoms with Gasteiger partial charge >= 0.3 is 5.97 Å². The number of rotatable bonds is 8. The lowest BCUT2D eigenvalue weighted by Gasteiger charge is -2.16. The third-order valence-corrected chi connectivity index (χ3v) is 2.99. The number of nitriles is 1. The molecule has 0 radical (unpaired) electrons. The van der Waals surface area contributed by atoms with Crippen LogP contribution in [0, 0.1) is 11.3 Å². The van der Waals surface area contributed by atoms with Gasteiger partial charge in [-0.2, -0.15) is 10.7 Å². The Balaban J connectivity index is 2.73. The molecule has 0 aliphatic carbocycles. The van der Waals surface area contributed by atoms with E-state index in [1.807, 2.05) is 30.3 Å². The van der Waals surface area contributed by atoms with Crippen LogP contribution in [0.2, 0.25) is 0 Å². The van der Waals surface area contributed by atoms with Crippen molar-refractivity contribution in [1.29, 1.82) is 5.26 Å². The van der Waals surface area contributed by atoms with Crippen molar-refractivity contribution in [3.05, 3.63) is 47.5 Å². The third kappa shape index (κ3) is 6.21. The highest BCUT2D eigenvalue weighted by Gasteiger charge is 2.14. The van der Waals surface area contributed by atoms with Gasteiger partial charge < -0.3 is 9.57 Å². The van der Waals surface area contributed by atoms with Crippen molar-refractivity contribution < 1.29 is 14.4 Å². The van der Waals surface area contributed by atoms with Crippen molar-refractivity contribution in [1.82, 2.24) is 5.48 Å². The van der Waals surface area contributed by atoms with E-state index in [2.05, 4.69) is 16.3 Å². The van der Waals surface area contributed by atoms with Crippen LogP contribution in [0.4, 0.5) is 0 Å². The van der Waals surface area contributed by atoms with E-state index in [1.165, 1.54) is 14.2 Å². The minimum atomic E-state index is -0.289. The van der Waals surface area contributed by atoms with E-state index in [-0.39, 0.29) is 18.4 Å². The van der Waals surface area contributed by atoms with Crippen LogP contribution in [0.1, 0.15) is 18.4 Å². The van der Waals surface area contributed by atoms with Crippen LogP contribution in [0.25, 0.3) is 0 Å². The normalized spacial score (nSPS) is 12.5. The topological polar surface area (TPSA) is 71.3 Å². The van der Waals surface area contributed by atoms with Crippen LogP contribution < -0.4 is 5.48 Å². The van der Waals surface area contributed by atoms with Crippen molar-refractivity contribution in [2.75, 3.05) is 14.2 Å². The molecule has 0 amide bonds. The van der Waals surface area contributed by atoms with E-state index in [9.17, 15) is 10.1 Å². The first-order valence-electron chi connectivity index (χ1n) is 6.70. The van der Waals surface area contributed by atoms with Crippen LogP contribution in [0.5, 0.6) is 0 Å². The number of carbonyl (C=O) groups is 1. The Kier molecular flexibility index (Phi) is 7.80. The zero-order valence-electron chi connectivity index (χ0n) is 12.3. The molecule has 0 aromatic heterocycles. The van der Waals surface area contributed by atoms with Gasteiger partial charge in [0.25, 0.3) is 0 Å². The summed E-state index contributed by atoms with van der Waals surface area (Å²) >= 11 is 0. The van der Waals surface area contributed by atoms with Gasteiger partial charge in [0.1, 0.15) is 0 Å². The maximum absolute atomic E-state index is 11.1. The number of allylic oxidation sites excluding steroid dienone is 1. The second kappa shape index (κ2) is 9.70. The number of benzene rings is 1. The standard InChI is InChI=1S/C16H20N2O3/c1-20-16(19)10-6-9-14(12-17)15(18-21-2)11-13-7-4-3-5-8-13/h3-5,7-9,15,18H,6,10-11H2,1-2H3/b14-9-. The van der Waals surface area contributed by atoms with Crippen molar-refractivity contribution in [2.45, 2.75) is 25.3 Å². The molecule has 21 heavy (non-hydrogen) atoms. The zero-order chi connectivity index (χ0) is 15.5. The van der Waals surface area contributed by atoms with Crippen molar-refractivity contribution in [3.63, 3.8) is 0 Å². The van der Waals surface area contributed by atoms with Gasteiger partial charge in [0.2, 0.25) is 0 Å². The molecule has 0 heterocycles. The predicted octanol–water partition coefficient (Wildman–Crippen LogP) is 2.15. The molecule has 1 N–H and O–H groups in total. The molecule has 1 aromatic carbocycles. The summed E-state index contributed by atoms with van der Waals surface area (Å²) in [5, 5.41) is 9.29. The molecule has 0 bridgehead atoms. The summed E-state index contributed by atoms with van der Waals surface area (Å²) in [4.78, 5) is 16.1. The molecule has 0 saturated heterocycles. The highest BCUT2D eigenvalue weighted by atomic mass is 16.6. The van der Waals surface area contributed by atoms with Gasteiger partial charge in [-0.25, -0.2) is 0 Å². The molecule has 1 atom stereocenters. The van der Waals surface area contributed by atoms with E-state index in [4.69, 9.17) is 4.84 Å². The lowest BCUT2D eigenvalue weighted by molar-refractivity contribution is -0.140. The van der Waals surface area contributed by atoms with Gasteiger partial charge in [0.15, 0.2) is 0 Å². The van der Waals surface area contributed by atoms with Crippen LogP contribution in [0.3, 0.4) is 0 Å². The number of hydroxylamine groups is 1. The fourth-order valence-corrected chi connectivity index (χ4v) is 1.92. The molecule has 112 valence electrons. The molecule has 0 aliphatic rings. The quantitative estimate of drug-likeness (QED) is 0.451. The van der Waals surface area contributed by atoms with Crippen LogP contribution >= 0.6 is 0 Å². The first kappa shape index (κ1) is 16.9. The number of carbonyl (C=O) groups excluding carboxylic acids is 1. The van der Waals surface area contributed by atoms with Crippen LogP contribution in [-0.2, 0) is 20.8 Å². The molecule has 5 nitrogen and oxygen atoms in total. The SMILES string of the molecule is CONC(Cc1ccccc1)/C(C#N)=C\CCC(=O)OC.